The second kappa shape index (κ2) is 6.98. The van der Waals surface area contributed by atoms with Crippen LogP contribution in [0.25, 0.3) is 0 Å². The third-order valence-electron chi connectivity index (χ3n) is 4.81. The van der Waals surface area contributed by atoms with Crippen molar-refractivity contribution in [1.82, 2.24) is 29.9 Å². The van der Waals surface area contributed by atoms with E-state index in [1.165, 1.54) is 0 Å². The largest absolute Gasteiger partial charge is 0.346 e. The summed E-state index contributed by atoms with van der Waals surface area (Å²) in [6.07, 6.45) is 2.42. The van der Waals surface area contributed by atoms with E-state index in [1.54, 1.807) is 0 Å². The molecule has 3 heterocycles. The van der Waals surface area contributed by atoms with Gasteiger partial charge in [0, 0.05) is 30.8 Å². The molecule has 1 atom stereocenters. The lowest BCUT2D eigenvalue weighted by atomic mass is 10.1. The number of carbonyl (C=O) groups is 1. The van der Waals surface area contributed by atoms with Crippen molar-refractivity contribution in [3.63, 3.8) is 0 Å². The first-order chi connectivity index (χ1) is 11.9. The minimum absolute atomic E-state index is 0.00172. The number of aromatic nitrogens is 5. The topological polar surface area (TPSA) is 77.6 Å². The van der Waals surface area contributed by atoms with E-state index in [9.17, 15) is 4.79 Å². The Morgan fingerprint density at radius 2 is 2.00 bits per heavy atom. The van der Waals surface area contributed by atoms with Crippen molar-refractivity contribution in [2.75, 3.05) is 0 Å². The van der Waals surface area contributed by atoms with Crippen LogP contribution in [0.2, 0.25) is 0 Å². The average molecular weight is 344 g/mol. The summed E-state index contributed by atoms with van der Waals surface area (Å²) in [5.41, 5.74) is 3.04. The lowest BCUT2D eigenvalue weighted by Crippen LogP contribution is -2.30. The molecule has 1 aliphatic rings. The van der Waals surface area contributed by atoms with E-state index in [1.807, 2.05) is 25.5 Å². The number of carbonyl (C=O) groups excluding carboxylic acids is 1. The number of hydrogen-bond acceptors (Lipinski definition) is 4. The molecule has 0 radical (unpaired) electrons. The van der Waals surface area contributed by atoms with Crippen LogP contribution >= 0.6 is 0 Å². The molecule has 0 saturated heterocycles. The van der Waals surface area contributed by atoms with Crippen LogP contribution in [0, 0.1) is 19.8 Å². The summed E-state index contributed by atoms with van der Waals surface area (Å²) in [4.78, 5) is 12.5. The van der Waals surface area contributed by atoms with E-state index >= 15 is 0 Å². The first-order valence-corrected chi connectivity index (χ1v) is 9.11. The van der Waals surface area contributed by atoms with Crippen LogP contribution in [0.4, 0.5) is 0 Å². The van der Waals surface area contributed by atoms with Crippen molar-refractivity contribution in [3.05, 3.63) is 28.6 Å². The zero-order valence-electron chi connectivity index (χ0n) is 15.8. The van der Waals surface area contributed by atoms with E-state index in [-0.39, 0.29) is 11.9 Å². The molecule has 2 aromatic rings. The summed E-state index contributed by atoms with van der Waals surface area (Å²) >= 11 is 0. The van der Waals surface area contributed by atoms with Gasteiger partial charge in [-0.05, 0) is 33.1 Å². The van der Waals surface area contributed by atoms with Gasteiger partial charge >= 0.3 is 0 Å². The van der Waals surface area contributed by atoms with Gasteiger partial charge in [0.05, 0.1) is 18.2 Å². The number of hydrogen-bond donors (Lipinski definition) is 1. The summed E-state index contributed by atoms with van der Waals surface area (Å²) in [7, 11) is 0. The predicted octanol–water partition coefficient (Wildman–Crippen LogP) is 2.11. The van der Waals surface area contributed by atoms with Gasteiger partial charge in [0.25, 0.3) is 0 Å². The smallest absolute Gasteiger partial charge is 0.225 e. The van der Waals surface area contributed by atoms with Crippen molar-refractivity contribution in [2.24, 2.45) is 5.92 Å². The molecule has 7 nitrogen and oxygen atoms in total. The highest BCUT2D eigenvalue weighted by molar-refractivity contribution is 5.79. The van der Waals surface area contributed by atoms with Crippen LogP contribution < -0.4 is 5.32 Å². The molecule has 2 aromatic heterocycles. The van der Waals surface area contributed by atoms with Crippen molar-refractivity contribution in [2.45, 2.75) is 73.0 Å². The van der Waals surface area contributed by atoms with Crippen LogP contribution in [-0.4, -0.2) is 30.5 Å². The number of aryl methyl sites for hydroxylation is 2. The van der Waals surface area contributed by atoms with Crippen LogP contribution in [0.5, 0.6) is 0 Å². The number of amides is 1. The van der Waals surface area contributed by atoms with Crippen molar-refractivity contribution in [3.8, 4) is 0 Å². The number of fused-ring (bicyclic) bond motifs is 1. The molecule has 1 amide bonds. The molecule has 0 spiro atoms. The van der Waals surface area contributed by atoms with E-state index in [0.717, 1.165) is 54.5 Å². The molecule has 1 unspecified atom stereocenters. The van der Waals surface area contributed by atoms with Gasteiger partial charge in [-0.3, -0.25) is 9.48 Å². The Morgan fingerprint density at radius 3 is 2.72 bits per heavy atom. The molecule has 0 fully saturated rings. The summed E-state index contributed by atoms with van der Waals surface area (Å²) in [6, 6.07) is -0.141. The van der Waals surface area contributed by atoms with Crippen LogP contribution in [0.3, 0.4) is 0 Å². The third kappa shape index (κ3) is 3.60. The van der Waals surface area contributed by atoms with E-state index in [0.29, 0.717) is 12.3 Å². The maximum atomic E-state index is 12.5. The molecule has 1 N–H and O–H groups in total. The third-order valence-corrected chi connectivity index (χ3v) is 4.81. The lowest BCUT2D eigenvalue weighted by molar-refractivity contribution is -0.121. The number of nitrogens with zero attached hydrogens (tertiary/aromatic N) is 5. The van der Waals surface area contributed by atoms with Crippen LogP contribution in [0.15, 0.2) is 0 Å². The summed E-state index contributed by atoms with van der Waals surface area (Å²) in [6.45, 7) is 12.1. The Balaban J connectivity index is 1.67. The summed E-state index contributed by atoms with van der Waals surface area (Å²) in [5.74, 6) is 2.40. The molecular formula is C18H28N6O. The lowest BCUT2D eigenvalue weighted by Gasteiger charge is -2.14. The van der Waals surface area contributed by atoms with Gasteiger partial charge in [-0.1, -0.05) is 13.8 Å². The second-order valence-corrected chi connectivity index (χ2v) is 7.42. The quantitative estimate of drug-likeness (QED) is 0.871. The average Bonchev–Trinajstić information content (AvgIpc) is 3.18. The zero-order valence-corrected chi connectivity index (χ0v) is 15.8. The fraction of sp³-hybridized carbons (Fsp3) is 0.667. The molecule has 25 heavy (non-hydrogen) atoms. The Morgan fingerprint density at radius 1 is 1.24 bits per heavy atom. The second-order valence-electron chi connectivity index (χ2n) is 7.42. The number of rotatable bonds is 6. The fourth-order valence-electron chi connectivity index (χ4n) is 3.52. The highest BCUT2D eigenvalue weighted by atomic mass is 16.1. The van der Waals surface area contributed by atoms with E-state index in [4.69, 9.17) is 0 Å². The SMILES string of the molecule is Cc1nn(CC(C)C)c(C)c1CC(=O)NC(C)c1nnc2n1CCC2. The van der Waals surface area contributed by atoms with Crippen molar-refractivity contribution < 1.29 is 4.79 Å². The van der Waals surface area contributed by atoms with Crippen molar-refractivity contribution >= 4 is 5.91 Å². The molecule has 0 saturated carbocycles. The maximum Gasteiger partial charge on any atom is 0.225 e. The Kier molecular flexibility index (Phi) is 4.92. The van der Waals surface area contributed by atoms with Gasteiger partial charge < -0.3 is 9.88 Å². The Bertz CT molecular complexity index is 773. The van der Waals surface area contributed by atoms with Crippen molar-refractivity contribution in [1.29, 1.82) is 0 Å². The maximum absolute atomic E-state index is 12.5. The predicted molar refractivity (Wildman–Crippen MR) is 95.1 cm³/mol. The summed E-state index contributed by atoms with van der Waals surface area (Å²) < 4.78 is 4.14. The molecule has 3 rings (SSSR count). The number of nitrogens with one attached hydrogen (secondary N) is 1. The summed E-state index contributed by atoms with van der Waals surface area (Å²) in [5, 5.41) is 16.1. The van der Waals surface area contributed by atoms with Gasteiger partial charge in [0.2, 0.25) is 5.91 Å². The highest BCUT2D eigenvalue weighted by Gasteiger charge is 2.23. The highest BCUT2D eigenvalue weighted by Crippen LogP contribution is 2.20. The molecule has 0 aliphatic carbocycles. The molecule has 136 valence electrons. The molecular weight excluding hydrogens is 316 g/mol. The minimum atomic E-state index is -0.141. The molecule has 0 bridgehead atoms. The van der Waals surface area contributed by atoms with E-state index < -0.39 is 0 Å². The van der Waals surface area contributed by atoms with Gasteiger partial charge in [-0.25, -0.2) is 0 Å². The zero-order chi connectivity index (χ0) is 18.1. The van der Waals surface area contributed by atoms with Gasteiger partial charge in [0.1, 0.15) is 5.82 Å². The molecule has 1 aliphatic heterocycles. The first kappa shape index (κ1) is 17.6. The fourth-order valence-corrected chi connectivity index (χ4v) is 3.52. The molecule has 7 heteroatoms. The van der Waals surface area contributed by atoms with Crippen LogP contribution in [-0.2, 0) is 30.7 Å². The van der Waals surface area contributed by atoms with Gasteiger partial charge in [0.15, 0.2) is 5.82 Å². The molecule has 0 aromatic carbocycles. The minimum Gasteiger partial charge on any atom is -0.346 e. The normalized spacial score (nSPS) is 14.8. The standard InChI is InChI=1S/C18H28N6O/c1-11(2)10-24-14(5)15(12(3)22-24)9-17(25)19-13(4)18-21-20-16-7-6-8-23(16)18/h11,13H,6-10H2,1-5H3,(H,19,25). The van der Waals surface area contributed by atoms with Crippen LogP contribution in [0.1, 0.15) is 61.8 Å². The Labute approximate surface area is 148 Å². The van der Waals surface area contributed by atoms with Gasteiger partial charge in [-0.2, -0.15) is 5.10 Å². The van der Waals surface area contributed by atoms with E-state index in [2.05, 4.69) is 39.0 Å². The first-order valence-electron chi connectivity index (χ1n) is 9.11. The monoisotopic (exact) mass is 344 g/mol. The van der Waals surface area contributed by atoms with Gasteiger partial charge in [-0.15, -0.1) is 10.2 Å². The Hall–Kier alpha value is -2.18.